The lowest BCUT2D eigenvalue weighted by Crippen LogP contribution is -2.18. The third kappa shape index (κ3) is 4.33. The molecule has 2 rings (SSSR count). The van der Waals surface area contributed by atoms with Gasteiger partial charge in [0.1, 0.15) is 23.1 Å². The summed E-state index contributed by atoms with van der Waals surface area (Å²) >= 11 is 0. The molecule has 0 aliphatic heterocycles. The van der Waals surface area contributed by atoms with Gasteiger partial charge >= 0.3 is 0 Å². The van der Waals surface area contributed by atoms with E-state index >= 15 is 0 Å². The van der Waals surface area contributed by atoms with E-state index in [4.69, 9.17) is 0 Å². The van der Waals surface area contributed by atoms with Gasteiger partial charge in [-0.2, -0.15) is 5.26 Å². The number of phenols is 1. The lowest BCUT2D eigenvalue weighted by Gasteiger charge is -2.15. The van der Waals surface area contributed by atoms with Crippen LogP contribution >= 0.6 is 0 Å². The summed E-state index contributed by atoms with van der Waals surface area (Å²) in [4.78, 5) is 24.1. The first kappa shape index (κ1) is 17.5. The average Bonchev–Trinajstić information content (AvgIpc) is 2.60. The minimum absolute atomic E-state index is 0.00550. The predicted molar refractivity (Wildman–Crippen MR) is 91.9 cm³/mol. The van der Waals surface area contributed by atoms with Crippen LogP contribution in [0.25, 0.3) is 0 Å². The fourth-order valence-electron chi connectivity index (χ4n) is 2.02. The Morgan fingerprint density at radius 3 is 2.52 bits per heavy atom. The number of hydrogen-bond acceptors (Lipinski definition) is 6. The number of rotatable bonds is 5. The van der Waals surface area contributed by atoms with Gasteiger partial charge in [0.05, 0.1) is 4.92 Å². The second kappa shape index (κ2) is 7.61. The maximum atomic E-state index is 12.2. The molecule has 0 spiro atoms. The van der Waals surface area contributed by atoms with E-state index in [0.717, 1.165) is 0 Å². The Balaban J connectivity index is 2.23. The highest BCUT2D eigenvalue weighted by molar-refractivity contribution is 6.07. The van der Waals surface area contributed by atoms with E-state index in [1.807, 2.05) is 0 Å². The summed E-state index contributed by atoms with van der Waals surface area (Å²) in [5.74, 6) is -0.668. The van der Waals surface area contributed by atoms with Crippen molar-refractivity contribution in [2.24, 2.45) is 0 Å². The summed E-state index contributed by atoms with van der Waals surface area (Å²) in [5, 5.41) is 31.8. The van der Waals surface area contributed by atoms with E-state index in [1.54, 1.807) is 31.3 Å². The molecule has 0 aliphatic carbocycles. The molecule has 126 valence electrons. The molecule has 8 heteroatoms. The first-order valence-corrected chi connectivity index (χ1v) is 7.11. The Kier molecular flexibility index (Phi) is 5.32. The lowest BCUT2D eigenvalue weighted by molar-refractivity contribution is -0.383. The molecule has 0 fully saturated rings. The predicted octanol–water partition coefficient (Wildman–Crippen LogP) is 2.78. The molecule has 0 aromatic heterocycles. The summed E-state index contributed by atoms with van der Waals surface area (Å²) in [6, 6.07) is 13.6. The highest BCUT2D eigenvalue weighted by atomic mass is 16.6. The van der Waals surface area contributed by atoms with Gasteiger partial charge in [-0.05, 0) is 30.3 Å². The van der Waals surface area contributed by atoms with Crippen LogP contribution < -0.4 is 10.2 Å². The van der Waals surface area contributed by atoms with Crippen LogP contribution in [-0.4, -0.2) is 23.0 Å². The number of hydrogen-bond donors (Lipinski definition) is 2. The number of nitrogens with one attached hydrogen (secondary N) is 1. The van der Waals surface area contributed by atoms with Gasteiger partial charge in [0.15, 0.2) is 0 Å². The van der Waals surface area contributed by atoms with Gasteiger partial charge in [0.2, 0.25) is 0 Å². The molecule has 8 nitrogen and oxygen atoms in total. The highest BCUT2D eigenvalue weighted by Crippen LogP contribution is 2.24. The normalized spacial score (nSPS) is 10.6. The van der Waals surface area contributed by atoms with Crippen LogP contribution in [0.15, 0.2) is 60.3 Å². The van der Waals surface area contributed by atoms with Crippen LogP contribution in [0.3, 0.4) is 0 Å². The minimum atomic E-state index is -0.762. The Labute approximate surface area is 143 Å². The molecule has 1 amide bonds. The molecule has 2 aromatic carbocycles. The number of aromatic hydroxyl groups is 1. The van der Waals surface area contributed by atoms with Crippen LogP contribution in [0.2, 0.25) is 0 Å². The Bertz CT molecular complexity index is 869. The van der Waals surface area contributed by atoms with Gasteiger partial charge < -0.3 is 15.3 Å². The van der Waals surface area contributed by atoms with Gasteiger partial charge in [-0.1, -0.05) is 12.1 Å². The molecule has 2 aromatic rings. The molecule has 0 unspecified atom stereocenters. The van der Waals surface area contributed by atoms with Crippen molar-refractivity contribution in [2.45, 2.75) is 0 Å². The summed E-state index contributed by atoms with van der Waals surface area (Å²) in [6.45, 7) is 0. The number of phenolic OH excluding ortho intramolecular Hbond substituents is 1. The van der Waals surface area contributed by atoms with Crippen molar-refractivity contribution in [1.82, 2.24) is 0 Å². The molecular formula is C17H14N4O4. The summed E-state index contributed by atoms with van der Waals surface area (Å²) < 4.78 is 0. The van der Waals surface area contributed by atoms with Crippen LogP contribution in [0.5, 0.6) is 5.75 Å². The lowest BCUT2D eigenvalue weighted by atomic mass is 10.2. The quantitative estimate of drug-likeness (QED) is 0.374. The van der Waals surface area contributed by atoms with Crippen LogP contribution in [0.4, 0.5) is 17.1 Å². The number of carbonyl (C=O) groups is 1. The number of nitro groups is 1. The molecule has 2 N–H and O–H groups in total. The zero-order valence-electron chi connectivity index (χ0n) is 13.2. The summed E-state index contributed by atoms with van der Waals surface area (Å²) in [7, 11) is 1.63. The molecular weight excluding hydrogens is 324 g/mol. The Hall–Kier alpha value is -3.86. The summed E-state index contributed by atoms with van der Waals surface area (Å²) in [6.07, 6.45) is 1.30. The minimum Gasteiger partial charge on any atom is -0.508 e. The number of anilines is 2. The zero-order valence-corrected chi connectivity index (χ0v) is 13.2. The number of nitrogens with zero attached hydrogens (tertiary/aromatic N) is 3. The third-order valence-electron chi connectivity index (χ3n) is 3.29. The van der Waals surface area contributed by atoms with Crippen molar-refractivity contribution in [3.63, 3.8) is 0 Å². The van der Waals surface area contributed by atoms with Crippen LogP contribution in [0, 0.1) is 21.4 Å². The number of amides is 1. The van der Waals surface area contributed by atoms with Crippen molar-refractivity contribution in [3.05, 3.63) is 70.4 Å². The van der Waals surface area contributed by atoms with E-state index in [0.29, 0.717) is 5.69 Å². The fourth-order valence-corrected chi connectivity index (χ4v) is 2.02. The second-order valence-electron chi connectivity index (χ2n) is 5.01. The monoisotopic (exact) mass is 338 g/mol. The number of carbonyl (C=O) groups excluding carboxylic acids is 1. The topological polar surface area (TPSA) is 120 Å². The second-order valence-corrected chi connectivity index (χ2v) is 5.01. The van der Waals surface area contributed by atoms with Gasteiger partial charge in [-0.3, -0.25) is 14.9 Å². The van der Waals surface area contributed by atoms with E-state index in [2.05, 4.69) is 5.32 Å². The molecule has 25 heavy (non-hydrogen) atoms. The van der Waals surface area contributed by atoms with E-state index in [1.165, 1.54) is 41.4 Å². The average molecular weight is 338 g/mol. The Morgan fingerprint density at radius 2 is 1.92 bits per heavy atom. The van der Waals surface area contributed by atoms with Crippen molar-refractivity contribution in [1.29, 1.82) is 5.26 Å². The molecule has 0 bridgehead atoms. The molecule has 0 radical (unpaired) electrons. The molecule has 0 saturated carbocycles. The first-order valence-electron chi connectivity index (χ1n) is 7.11. The van der Waals surface area contributed by atoms with Crippen LogP contribution in [-0.2, 0) is 4.79 Å². The number of benzene rings is 2. The van der Waals surface area contributed by atoms with Crippen molar-refractivity contribution < 1.29 is 14.8 Å². The van der Waals surface area contributed by atoms with E-state index in [9.17, 15) is 25.3 Å². The maximum Gasteiger partial charge on any atom is 0.292 e. The van der Waals surface area contributed by atoms with Gasteiger partial charge in [0.25, 0.3) is 11.6 Å². The maximum absolute atomic E-state index is 12.2. The van der Waals surface area contributed by atoms with Gasteiger partial charge in [0, 0.05) is 25.0 Å². The largest absolute Gasteiger partial charge is 0.508 e. The van der Waals surface area contributed by atoms with E-state index < -0.39 is 10.8 Å². The number of nitriles is 1. The molecule has 0 heterocycles. The fraction of sp³-hybridized carbons (Fsp3) is 0.0588. The SMILES string of the molecule is CN(/C=C(/C#N)C(=O)Nc1ccccc1[N+](=O)[O-])c1ccc(O)cc1. The van der Waals surface area contributed by atoms with Gasteiger partial charge in [-0.25, -0.2) is 0 Å². The first-order chi connectivity index (χ1) is 11.9. The summed E-state index contributed by atoms with van der Waals surface area (Å²) in [5.41, 5.74) is 0.156. The van der Waals surface area contributed by atoms with Crippen LogP contribution in [0.1, 0.15) is 0 Å². The van der Waals surface area contributed by atoms with Crippen molar-refractivity contribution in [2.75, 3.05) is 17.3 Å². The highest BCUT2D eigenvalue weighted by Gasteiger charge is 2.17. The smallest absolute Gasteiger partial charge is 0.292 e. The zero-order chi connectivity index (χ0) is 18.4. The standard InChI is InChI=1S/C17H14N4O4/c1-20(13-6-8-14(22)9-7-13)11-12(10-18)17(23)19-15-4-2-3-5-16(15)21(24)25/h2-9,11,22H,1H3,(H,19,23)/b12-11-. The number of para-hydroxylation sites is 2. The van der Waals surface area contributed by atoms with Crippen molar-refractivity contribution >= 4 is 23.0 Å². The van der Waals surface area contributed by atoms with E-state index in [-0.39, 0.29) is 22.7 Å². The van der Waals surface area contributed by atoms with Gasteiger partial charge in [-0.15, -0.1) is 0 Å². The third-order valence-corrected chi connectivity index (χ3v) is 3.29. The molecule has 0 aliphatic rings. The molecule has 0 saturated heterocycles. The Morgan fingerprint density at radius 1 is 1.28 bits per heavy atom. The number of nitro benzene ring substituents is 1. The van der Waals surface area contributed by atoms with Crippen molar-refractivity contribution in [3.8, 4) is 11.8 Å². The molecule has 0 atom stereocenters.